The lowest BCUT2D eigenvalue weighted by Gasteiger charge is -2.51. The minimum absolute atomic E-state index is 0.267. The van der Waals surface area contributed by atoms with Crippen molar-refractivity contribution in [2.45, 2.75) is 44.1 Å². The van der Waals surface area contributed by atoms with Gasteiger partial charge in [-0.05, 0) is 17.5 Å². The molecule has 1 fully saturated rings. The highest BCUT2D eigenvalue weighted by Crippen LogP contribution is 2.64. The van der Waals surface area contributed by atoms with Gasteiger partial charge in [-0.15, -0.1) is 0 Å². The normalized spacial score (nSPS) is 24.9. The highest BCUT2D eigenvalue weighted by atomic mass is 16.6. The third-order valence-electron chi connectivity index (χ3n) is 6.88. The van der Waals surface area contributed by atoms with E-state index in [9.17, 15) is 31.2 Å². The van der Waals surface area contributed by atoms with E-state index < -0.39 is 39.5 Å². The van der Waals surface area contributed by atoms with Crippen molar-refractivity contribution in [3.8, 4) is 24.3 Å². The zero-order valence-electron chi connectivity index (χ0n) is 18.3. The second-order valence-electron chi connectivity index (χ2n) is 8.44. The Labute approximate surface area is 193 Å². The monoisotopic (exact) mass is 437 g/mol. The van der Waals surface area contributed by atoms with Crippen molar-refractivity contribution in [1.82, 2.24) is 0 Å². The maximum absolute atomic E-state index is 12.6. The van der Waals surface area contributed by atoms with Crippen LogP contribution >= 0.6 is 0 Å². The quantitative estimate of drug-likeness (QED) is 0.456. The molecule has 4 atom stereocenters. The Kier molecular flexibility index (Phi) is 6.77. The molecule has 7 nitrogen and oxygen atoms in total. The molecule has 0 amide bonds. The van der Waals surface area contributed by atoms with E-state index in [0.717, 1.165) is 6.42 Å². The van der Waals surface area contributed by atoms with Crippen LogP contribution in [0.15, 0.2) is 60.7 Å². The topological polar surface area (TPSA) is 138 Å². The first-order valence-electron chi connectivity index (χ1n) is 10.9. The van der Waals surface area contributed by atoms with Gasteiger partial charge >= 0.3 is 0 Å². The summed E-state index contributed by atoms with van der Waals surface area (Å²) in [6.45, 7) is 1.93. The number of benzene rings is 2. The Morgan fingerprint density at radius 2 is 1.33 bits per heavy atom. The van der Waals surface area contributed by atoms with Crippen LogP contribution in [-0.2, 0) is 0 Å². The number of rotatable bonds is 6. The van der Waals surface area contributed by atoms with Gasteiger partial charge in [-0.3, -0.25) is 10.1 Å². The summed E-state index contributed by atoms with van der Waals surface area (Å²) in [6, 6.07) is 24.0. The second kappa shape index (κ2) is 9.52. The number of hydrogen-bond acceptors (Lipinski definition) is 6. The second-order valence-corrected chi connectivity index (χ2v) is 8.44. The fraction of sp³-hybridized carbons (Fsp3) is 0.385. The number of nitrogens with zero attached hydrogens (tertiary/aromatic N) is 5. The fourth-order valence-corrected chi connectivity index (χ4v) is 5.52. The van der Waals surface area contributed by atoms with E-state index >= 15 is 0 Å². The van der Waals surface area contributed by atoms with E-state index in [4.69, 9.17) is 0 Å². The van der Waals surface area contributed by atoms with Gasteiger partial charge in [0.1, 0.15) is 0 Å². The molecule has 164 valence electrons. The minimum atomic E-state index is -2.01. The number of unbranched alkanes of at least 4 members (excludes halogenated alkanes) is 1. The van der Waals surface area contributed by atoms with Crippen LogP contribution in [0.25, 0.3) is 0 Å². The first-order chi connectivity index (χ1) is 16.0. The Morgan fingerprint density at radius 3 is 1.76 bits per heavy atom. The lowest BCUT2D eigenvalue weighted by molar-refractivity contribution is -0.546. The fourth-order valence-electron chi connectivity index (χ4n) is 5.52. The molecule has 7 heteroatoms. The van der Waals surface area contributed by atoms with Crippen molar-refractivity contribution in [2.75, 3.05) is 0 Å². The van der Waals surface area contributed by atoms with Gasteiger partial charge in [0.25, 0.3) is 0 Å². The maximum atomic E-state index is 12.6. The van der Waals surface area contributed by atoms with E-state index in [1.165, 1.54) is 0 Å². The lowest BCUT2D eigenvalue weighted by Crippen LogP contribution is -2.60. The van der Waals surface area contributed by atoms with Gasteiger partial charge in [0.2, 0.25) is 6.04 Å². The Balaban J connectivity index is 2.48. The molecule has 0 saturated heterocycles. The summed E-state index contributed by atoms with van der Waals surface area (Å²) in [5, 5.41) is 54.3. The van der Waals surface area contributed by atoms with Crippen molar-refractivity contribution < 1.29 is 4.92 Å². The molecule has 0 aliphatic heterocycles. The lowest BCUT2D eigenvalue weighted by atomic mass is 9.44. The van der Waals surface area contributed by atoms with Crippen LogP contribution in [0.4, 0.5) is 0 Å². The molecule has 33 heavy (non-hydrogen) atoms. The molecule has 0 aromatic heterocycles. The molecule has 0 heterocycles. The van der Waals surface area contributed by atoms with Crippen molar-refractivity contribution in [3.05, 3.63) is 81.9 Å². The summed E-state index contributed by atoms with van der Waals surface area (Å²) >= 11 is 0. The predicted molar refractivity (Wildman–Crippen MR) is 119 cm³/mol. The van der Waals surface area contributed by atoms with Crippen molar-refractivity contribution in [2.24, 2.45) is 16.7 Å². The van der Waals surface area contributed by atoms with Crippen LogP contribution in [-0.4, -0.2) is 11.0 Å². The van der Waals surface area contributed by atoms with Gasteiger partial charge in [0.05, 0.1) is 36.1 Å². The summed E-state index contributed by atoms with van der Waals surface area (Å²) in [5.41, 5.74) is -2.97. The summed E-state index contributed by atoms with van der Waals surface area (Å²) in [5.74, 6) is -3.24. The Bertz CT molecular complexity index is 1140. The average Bonchev–Trinajstić information content (AvgIpc) is 2.86. The van der Waals surface area contributed by atoms with E-state index in [1.807, 2.05) is 6.92 Å². The SMILES string of the molecule is CCCC[C@@H]1[C@H]([N+](=O)[O-])[C@@H](c2ccccc2)C(C#N)(C#N)[C@@H](c2ccccc2)C1(C#N)C#N. The summed E-state index contributed by atoms with van der Waals surface area (Å²) < 4.78 is 0. The zero-order chi connectivity index (χ0) is 24.1. The van der Waals surface area contributed by atoms with Crippen LogP contribution in [0.3, 0.4) is 0 Å². The highest BCUT2D eigenvalue weighted by molar-refractivity contribution is 5.48. The van der Waals surface area contributed by atoms with Gasteiger partial charge in [-0.1, -0.05) is 80.4 Å². The Hall–Kier alpha value is -4.20. The van der Waals surface area contributed by atoms with Crippen molar-refractivity contribution in [1.29, 1.82) is 21.0 Å². The van der Waals surface area contributed by atoms with Gasteiger partial charge in [-0.25, -0.2) is 0 Å². The van der Waals surface area contributed by atoms with Crippen LogP contribution in [0.2, 0.25) is 0 Å². The minimum Gasteiger partial charge on any atom is -0.264 e. The number of nitriles is 4. The van der Waals surface area contributed by atoms with E-state index in [-0.39, 0.29) is 6.42 Å². The predicted octanol–water partition coefficient (Wildman–Crippen LogP) is 5.09. The number of hydrogen-bond donors (Lipinski definition) is 0. The molecule has 0 spiro atoms. The highest BCUT2D eigenvalue weighted by Gasteiger charge is 2.72. The molecule has 2 aromatic carbocycles. The van der Waals surface area contributed by atoms with Gasteiger partial charge < -0.3 is 0 Å². The van der Waals surface area contributed by atoms with Crippen LogP contribution < -0.4 is 0 Å². The maximum Gasteiger partial charge on any atom is 0.227 e. The number of nitro groups is 1. The molecular formula is C26H23N5O2. The Morgan fingerprint density at radius 1 is 0.848 bits per heavy atom. The third kappa shape index (κ3) is 3.59. The first-order valence-corrected chi connectivity index (χ1v) is 10.9. The first kappa shape index (κ1) is 23.5. The molecule has 3 rings (SSSR count). The molecule has 2 aromatic rings. The van der Waals surface area contributed by atoms with Gasteiger partial charge in [-0.2, -0.15) is 21.0 Å². The molecule has 0 radical (unpaired) electrons. The van der Waals surface area contributed by atoms with Crippen LogP contribution in [0.5, 0.6) is 0 Å². The molecule has 1 aliphatic carbocycles. The smallest absolute Gasteiger partial charge is 0.227 e. The molecular weight excluding hydrogens is 414 g/mol. The molecule has 0 unspecified atom stereocenters. The average molecular weight is 438 g/mol. The largest absolute Gasteiger partial charge is 0.264 e. The van der Waals surface area contributed by atoms with Crippen molar-refractivity contribution >= 4 is 0 Å². The zero-order valence-corrected chi connectivity index (χ0v) is 18.3. The molecule has 0 bridgehead atoms. The van der Waals surface area contributed by atoms with Crippen LogP contribution in [0.1, 0.15) is 49.1 Å². The van der Waals surface area contributed by atoms with E-state index in [1.54, 1.807) is 60.7 Å². The third-order valence-corrected chi connectivity index (χ3v) is 6.88. The summed E-state index contributed by atoms with van der Waals surface area (Å²) in [4.78, 5) is 12.1. The molecule has 0 N–H and O–H groups in total. The summed E-state index contributed by atoms with van der Waals surface area (Å²) in [6.07, 6.45) is 1.57. The standard InChI is InChI=1S/C26H23N5O2/c1-2-3-14-21-23(31(32)33)22(19-10-6-4-7-11-19)26(17-29,18-30)24(25(21,15-27)16-28)20-12-8-5-9-13-20/h4-13,21-24H,2-3,14H2,1H3/t21-,22-,23+,24+/m1/s1. The van der Waals surface area contributed by atoms with Gasteiger partial charge in [0, 0.05) is 10.8 Å². The van der Waals surface area contributed by atoms with Crippen molar-refractivity contribution in [3.63, 3.8) is 0 Å². The van der Waals surface area contributed by atoms with E-state index in [2.05, 4.69) is 24.3 Å². The van der Waals surface area contributed by atoms with Gasteiger partial charge in [0.15, 0.2) is 10.8 Å². The molecule has 1 saturated carbocycles. The van der Waals surface area contributed by atoms with Crippen LogP contribution in [0, 0.1) is 72.2 Å². The summed E-state index contributed by atoms with van der Waals surface area (Å²) in [7, 11) is 0. The van der Waals surface area contributed by atoms with E-state index in [0.29, 0.717) is 17.5 Å². The molecule has 1 aliphatic rings.